The highest BCUT2D eigenvalue weighted by Crippen LogP contribution is 2.23. The third kappa shape index (κ3) is 7.17. The number of nitrogens with one attached hydrogen (secondary N) is 2. The first-order valence-corrected chi connectivity index (χ1v) is 11.6. The second-order valence-electron chi connectivity index (χ2n) is 7.57. The van der Waals surface area contributed by atoms with Gasteiger partial charge < -0.3 is 15.5 Å². The molecule has 0 saturated heterocycles. The maximum absolute atomic E-state index is 12.7. The van der Waals surface area contributed by atoms with E-state index in [9.17, 15) is 9.59 Å². The zero-order chi connectivity index (χ0) is 22.8. The fraction of sp³-hybridized carbons (Fsp3) is 0.231. The van der Waals surface area contributed by atoms with Crippen LogP contribution in [0.15, 0.2) is 83.8 Å². The van der Waals surface area contributed by atoms with Crippen molar-refractivity contribution in [3.63, 3.8) is 0 Å². The average molecular weight is 448 g/mol. The smallest absolute Gasteiger partial charge is 0.252 e. The molecule has 2 amide bonds. The predicted octanol–water partition coefficient (Wildman–Crippen LogP) is 4.98. The molecule has 0 atom stereocenters. The minimum atomic E-state index is -0.116. The third-order valence-electron chi connectivity index (χ3n) is 4.98. The van der Waals surface area contributed by atoms with Crippen molar-refractivity contribution in [1.29, 1.82) is 0 Å². The molecule has 0 aromatic heterocycles. The Balaban J connectivity index is 1.46. The van der Waals surface area contributed by atoms with Crippen molar-refractivity contribution < 1.29 is 9.59 Å². The van der Waals surface area contributed by atoms with Crippen molar-refractivity contribution in [3.05, 3.63) is 90.0 Å². The molecular formula is C26H29N3O2S. The summed E-state index contributed by atoms with van der Waals surface area (Å²) in [5, 5.41) is 5.89. The number of hydrogen-bond acceptors (Lipinski definition) is 4. The van der Waals surface area contributed by atoms with E-state index in [-0.39, 0.29) is 17.6 Å². The third-order valence-corrected chi connectivity index (χ3v) is 6.05. The van der Waals surface area contributed by atoms with Crippen LogP contribution in [0.4, 0.5) is 11.4 Å². The van der Waals surface area contributed by atoms with Crippen LogP contribution in [0.25, 0.3) is 0 Å². The van der Waals surface area contributed by atoms with Gasteiger partial charge in [0.15, 0.2) is 0 Å². The van der Waals surface area contributed by atoms with Gasteiger partial charge in [-0.25, -0.2) is 0 Å². The zero-order valence-corrected chi connectivity index (χ0v) is 19.3. The van der Waals surface area contributed by atoms with E-state index in [2.05, 4.69) is 27.7 Å². The van der Waals surface area contributed by atoms with Crippen LogP contribution < -0.4 is 15.5 Å². The minimum absolute atomic E-state index is 0.0991. The van der Waals surface area contributed by atoms with Crippen LogP contribution in [0.1, 0.15) is 22.3 Å². The molecule has 0 aliphatic heterocycles. The molecule has 0 bridgehead atoms. The van der Waals surface area contributed by atoms with Crippen molar-refractivity contribution in [2.45, 2.75) is 18.2 Å². The molecule has 5 nitrogen and oxygen atoms in total. The molecule has 0 radical (unpaired) electrons. The molecular weight excluding hydrogens is 418 g/mol. The molecule has 2 N–H and O–H groups in total. The van der Waals surface area contributed by atoms with E-state index in [0.717, 1.165) is 34.8 Å². The van der Waals surface area contributed by atoms with Crippen LogP contribution in [0.3, 0.4) is 0 Å². The van der Waals surface area contributed by atoms with Crippen LogP contribution in [0.5, 0.6) is 0 Å². The Bertz CT molecular complexity index is 1020. The number of carbonyl (C=O) groups excluding carboxylic acids is 2. The number of amides is 2. The van der Waals surface area contributed by atoms with E-state index in [1.165, 1.54) is 11.8 Å². The molecule has 32 heavy (non-hydrogen) atoms. The Kier molecular flexibility index (Phi) is 8.75. The summed E-state index contributed by atoms with van der Waals surface area (Å²) in [5.74, 6) is 0.0208. The Labute approximate surface area is 194 Å². The standard InChI is InChI=1S/C26H29N3O2S/c1-20-13-15-21(16-14-20)28-25(30)19-32-24-12-7-6-11-23(24)26(31)27-17-8-18-29(2)22-9-4-3-5-10-22/h3-7,9-16H,8,17-19H2,1-2H3,(H,27,31)(H,28,30). The molecule has 6 heteroatoms. The fourth-order valence-corrected chi connectivity index (χ4v) is 4.03. The van der Waals surface area contributed by atoms with Crippen molar-refractivity contribution in [2.24, 2.45) is 0 Å². The summed E-state index contributed by atoms with van der Waals surface area (Å²) in [6.07, 6.45) is 0.839. The summed E-state index contributed by atoms with van der Waals surface area (Å²) in [4.78, 5) is 28.0. The van der Waals surface area contributed by atoms with Gasteiger partial charge in [-0.1, -0.05) is 48.0 Å². The lowest BCUT2D eigenvalue weighted by Crippen LogP contribution is -2.28. The summed E-state index contributed by atoms with van der Waals surface area (Å²) >= 11 is 1.37. The Morgan fingerprint density at radius 1 is 0.906 bits per heavy atom. The van der Waals surface area contributed by atoms with E-state index < -0.39 is 0 Å². The highest BCUT2D eigenvalue weighted by molar-refractivity contribution is 8.00. The molecule has 0 heterocycles. The van der Waals surface area contributed by atoms with Crippen LogP contribution >= 0.6 is 11.8 Å². The lowest BCUT2D eigenvalue weighted by Gasteiger charge is -2.19. The van der Waals surface area contributed by atoms with Crippen molar-refractivity contribution >= 4 is 35.0 Å². The number of hydrogen-bond donors (Lipinski definition) is 2. The van der Waals surface area contributed by atoms with Gasteiger partial charge in [-0.3, -0.25) is 9.59 Å². The van der Waals surface area contributed by atoms with Crippen LogP contribution in [0.2, 0.25) is 0 Å². The highest BCUT2D eigenvalue weighted by atomic mass is 32.2. The van der Waals surface area contributed by atoms with Crippen molar-refractivity contribution in [2.75, 3.05) is 36.1 Å². The quantitative estimate of drug-likeness (QED) is 0.340. The van der Waals surface area contributed by atoms with Crippen molar-refractivity contribution in [3.8, 4) is 0 Å². The lowest BCUT2D eigenvalue weighted by molar-refractivity contribution is -0.113. The van der Waals surface area contributed by atoms with Gasteiger partial charge in [0, 0.05) is 36.4 Å². The number of para-hydroxylation sites is 1. The van der Waals surface area contributed by atoms with Gasteiger partial charge in [-0.05, 0) is 49.7 Å². The van der Waals surface area contributed by atoms with Gasteiger partial charge >= 0.3 is 0 Å². The molecule has 0 aliphatic carbocycles. The normalized spacial score (nSPS) is 10.4. The molecule has 0 aliphatic rings. The summed E-state index contributed by atoms with van der Waals surface area (Å²) in [5.41, 5.74) is 3.67. The summed E-state index contributed by atoms with van der Waals surface area (Å²) in [7, 11) is 2.05. The van der Waals surface area contributed by atoms with Gasteiger partial charge in [0.1, 0.15) is 0 Å². The minimum Gasteiger partial charge on any atom is -0.375 e. The molecule has 0 unspecified atom stereocenters. The molecule has 0 fully saturated rings. The zero-order valence-electron chi connectivity index (χ0n) is 18.5. The summed E-state index contributed by atoms with van der Waals surface area (Å²) in [6, 6.07) is 25.3. The second kappa shape index (κ2) is 12.0. The van der Waals surface area contributed by atoms with Gasteiger partial charge in [0.2, 0.25) is 5.91 Å². The fourth-order valence-electron chi connectivity index (χ4n) is 3.18. The van der Waals surface area contributed by atoms with Crippen LogP contribution in [-0.2, 0) is 4.79 Å². The number of benzene rings is 3. The number of nitrogens with zero attached hydrogens (tertiary/aromatic N) is 1. The average Bonchev–Trinajstić information content (AvgIpc) is 2.82. The number of anilines is 2. The van der Waals surface area contributed by atoms with Gasteiger partial charge in [-0.15, -0.1) is 11.8 Å². The number of thioether (sulfide) groups is 1. The largest absolute Gasteiger partial charge is 0.375 e. The van der Waals surface area contributed by atoms with E-state index >= 15 is 0 Å². The van der Waals surface area contributed by atoms with Crippen LogP contribution in [-0.4, -0.2) is 37.7 Å². The van der Waals surface area contributed by atoms with Gasteiger partial charge in [-0.2, -0.15) is 0 Å². The first-order chi connectivity index (χ1) is 15.5. The number of carbonyl (C=O) groups is 2. The molecule has 3 aromatic rings. The number of rotatable bonds is 10. The molecule has 3 aromatic carbocycles. The molecule has 3 rings (SSSR count). The van der Waals surface area contributed by atoms with Crippen molar-refractivity contribution in [1.82, 2.24) is 5.32 Å². The second-order valence-corrected chi connectivity index (χ2v) is 8.58. The van der Waals surface area contributed by atoms with E-state index in [1.54, 1.807) is 6.07 Å². The Morgan fingerprint density at radius 2 is 1.59 bits per heavy atom. The van der Waals surface area contributed by atoms with Gasteiger partial charge in [0.25, 0.3) is 5.91 Å². The first kappa shape index (κ1) is 23.4. The summed E-state index contributed by atoms with van der Waals surface area (Å²) < 4.78 is 0. The molecule has 166 valence electrons. The topological polar surface area (TPSA) is 61.4 Å². The first-order valence-electron chi connectivity index (χ1n) is 10.7. The van der Waals surface area contributed by atoms with Gasteiger partial charge in [0.05, 0.1) is 11.3 Å². The van der Waals surface area contributed by atoms with E-state index in [4.69, 9.17) is 0 Å². The maximum Gasteiger partial charge on any atom is 0.252 e. The monoisotopic (exact) mass is 447 g/mol. The van der Waals surface area contributed by atoms with E-state index in [1.807, 2.05) is 74.6 Å². The highest BCUT2D eigenvalue weighted by Gasteiger charge is 2.13. The molecule has 0 spiro atoms. The van der Waals surface area contributed by atoms with E-state index in [0.29, 0.717) is 12.1 Å². The number of aryl methyl sites for hydroxylation is 1. The Morgan fingerprint density at radius 3 is 2.34 bits per heavy atom. The summed E-state index contributed by atoms with van der Waals surface area (Å²) in [6.45, 7) is 3.44. The Hall–Kier alpha value is -3.25. The SMILES string of the molecule is Cc1ccc(NC(=O)CSc2ccccc2C(=O)NCCCN(C)c2ccccc2)cc1. The predicted molar refractivity (Wildman–Crippen MR) is 134 cm³/mol. The molecule has 0 saturated carbocycles. The maximum atomic E-state index is 12.7. The lowest BCUT2D eigenvalue weighted by atomic mass is 10.2. The van der Waals surface area contributed by atoms with Crippen LogP contribution in [0, 0.1) is 6.92 Å².